The van der Waals surface area contributed by atoms with Crippen molar-refractivity contribution in [1.82, 2.24) is 9.80 Å². The summed E-state index contributed by atoms with van der Waals surface area (Å²) in [4.78, 5) is 41.2. The number of anilines is 1. The lowest BCUT2D eigenvalue weighted by Crippen LogP contribution is -2.50. The van der Waals surface area contributed by atoms with Gasteiger partial charge in [-0.3, -0.25) is 19.7 Å². The van der Waals surface area contributed by atoms with Gasteiger partial charge in [0.2, 0.25) is 11.8 Å². The van der Waals surface area contributed by atoms with E-state index in [0.29, 0.717) is 45.0 Å². The highest BCUT2D eigenvalue weighted by Gasteiger charge is 2.37. The lowest BCUT2D eigenvalue weighted by molar-refractivity contribution is -0.384. The summed E-state index contributed by atoms with van der Waals surface area (Å²) in [5, 5.41) is 11.0. The van der Waals surface area contributed by atoms with Crippen LogP contribution in [0, 0.1) is 16.0 Å². The van der Waals surface area contributed by atoms with Gasteiger partial charge in [-0.25, -0.2) is 0 Å². The highest BCUT2D eigenvalue weighted by atomic mass is 16.6. The molecule has 0 saturated carbocycles. The summed E-state index contributed by atoms with van der Waals surface area (Å²) in [6.45, 7) is 3.06. The van der Waals surface area contributed by atoms with Crippen LogP contribution in [0.3, 0.4) is 0 Å². The number of benzene rings is 1. The van der Waals surface area contributed by atoms with Crippen LogP contribution in [-0.2, 0) is 16.1 Å². The summed E-state index contributed by atoms with van der Waals surface area (Å²) in [7, 11) is 0. The molecule has 9 heteroatoms. The zero-order valence-corrected chi connectivity index (χ0v) is 15.9. The van der Waals surface area contributed by atoms with Gasteiger partial charge in [0.05, 0.1) is 23.6 Å². The first-order valence-corrected chi connectivity index (χ1v) is 9.59. The van der Waals surface area contributed by atoms with E-state index >= 15 is 0 Å². The Morgan fingerprint density at radius 2 is 1.97 bits per heavy atom. The van der Waals surface area contributed by atoms with Crippen molar-refractivity contribution < 1.29 is 18.9 Å². The number of hydrogen-bond acceptors (Lipinski definition) is 6. The van der Waals surface area contributed by atoms with Crippen LogP contribution in [-0.4, -0.2) is 59.3 Å². The zero-order chi connectivity index (χ0) is 20.4. The van der Waals surface area contributed by atoms with Gasteiger partial charge in [0.25, 0.3) is 5.69 Å². The van der Waals surface area contributed by atoms with Crippen LogP contribution in [0.5, 0.6) is 0 Å². The summed E-state index contributed by atoms with van der Waals surface area (Å²) < 4.78 is 5.30. The van der Waals surface area contributed by atoms with E-state index < -0.39 is 4.92 Å². The van der Waals surface area contributed by atoms with Crippen molar-refractivity contribution in [3.63, 3.8) is 0 Å². The van der Waals surface area contributed by atoms with E-state index in [4.69, 9.17) is 4.42 Å². The Morgan fingerprint density at radius 1 is 1.17 bits per heavy atom. The minimum absolute atomic E-state index is 0.000938. The largest absolute Gasteiger partial charge is 0.467 e. The van der Waals surface area contributed by atoms with Crippen molar-refractivity contribution in [3.8, 4) is 0 Å². The first-order chi connectivity index (χ1) is 14.0. The molecule has 1 aromatic carbocycles. The topological polar surface area (TPSA) is 100 Å². The van der Waals surface area contributed by atoms with Gasteiger partial charge in [-0.1, -0.05) is 6.07 Å². The summed E-state index contributed by atoms with van der Waals surface area (Å²) >= 11 is 0. The van der Waals surface area contributed by atoms with Gasteiger partial charge in [-0.2, -0.15) is 0 Å². The van der Waals surface area contributed by atoms with Crippen LogP contribution in [0.15, 0.2) is 47.1 Å². The van der Waals surface area contributed by atoms with Crippen LogP contribution in [0.2, 0.25) is 0 Å². The number of nitro groups is 1. The summed E-state index contributed by atoms with van der Waals surface area (Å²) in [6, 6.07) is 10.1. The predicted molar refractivity (Wildman–Crippen MR) is 104 cm³/mol. The number of furan rings is 1. The van der Waals surface area contributed by atoms with Gasteiger partial charge in [-0.15, -0.1) is 0 Å². The molecule has 2 fully saturated rings. The first-order valence-electron chi connectivity index (χ1n) is 9.59. The van der Waals surface area contributed by atoms with Crippen molar-refractivity contribution in [3.05, 3.63) is 58.5 Å². The molecule has 0 bridgehead atoms. The molecule has 2 amide bonds. The number of likely N-dealkylation sites (tertiary alicyclic amines) is 1. The van der Waals surface area contributed by atoms with Gasteiger partial charge in [0.15, 0.2) is 0 Å². The number of non-ortho nitro benzene ring substituents is 1. The van der Waals surface area contributed by atoms with E-state index in [1.54, 1.807) is 34.3 Å². The Balaban J connectivity index is 1.33. The molecule has 152 valence electrons. The van der Waals surface area contributed by atoms with Crippen LogP contribution in [0.4, 0.5) is 11.4 Å². The minimum Gasteiger partial charge on any atom is -0.467 e. The molecule has 0 radical (unpaired) electrons. The van der Waals surface area contributed by atoms with Crippen LogP contribution < -0.4 is 4.90 Å². The lowest BCUT2D eigenvalue weighted by Gasteiger charge is -2.37. The maximum atomic E-state index is 12.9. The van der Waals surface area contributed by atoms with E-state index in [2.05, 4.69) is 0 Å². The highest BCUT2D eigenvalue weighted by molar-refractivity contribution is 5.89. The maximum absolute atomic E-state index is 12.9. The molecule has 2 aliphatic rings. The van der Waals surface area contributed by atoms with Crippen molar-refractivity contribution in [2.24, 2.45) is 5.92 Å². The number of rotatable bonds is 5. The molecule has 2 aliphatic heterocycles. The molecule has 4 rings (SSSR count). The highest BCUT2D eigenvalue weighted by Crippen LogP contribution is 2.25. The van der Waals surface area contributed by atoms with E-state index in [1.165, 1.54) is 6.07 Å². The van der Waals surface area contributed by atoms with Crippen molar-refractivity contribution >= 4 is 23.2 Å². The van der Waals surface area contributed by atoms with Gasteiger partial charge in [0, 0.05) is 57.0 Å². The van der Waals surface area contributed by atoms with Gasteiger partial charge in [-0.05, 0) is 18.2 Å². The molecule has 0 N–H and O–H groups in total. The molecule has 2 saturated heterocycles. The molecule has 0 spiro atoms. The molecule has 1 unspecified atom stereocenters. The number of nitro benzene ring substituents is 1. The van der Waals surface area contributed by atoms with Crippen molar-refractivity contribution in [2.75, 3.05) is 37.6 Å². The molecular formula is C20H22N4O5. The number of hydrogen-bond donors (Lipinski definition) is 0. The zero-order valence-electron chi connectivity index (χ0n) is 15.9. The smallest absolute Gasteiger partial charge is 0.271 e. The Hall–Kier alpha value is -3.36. The number of amides is 2. The number of carbonyl (C=O) groups excluding carboxylic acids is 2. The van der Waals surface area contributed by atoms with E-state index in [0.717, 1.165) is 5.69 Å². The van der Waals surface area contributed by atoms with Crippen LogP contribution in [0.1, 0.15) is 12.2 Å². The first kappa shape index (κ1) is 19.0. The third-order valence-electron chi connectivity index (χ3n) is 5.49. The standard InChI is InChI=1S/C20H22N4O5/c25-19-11-15(13-23(19)14-18-5-2-10-29-18)20(26)22-8-6-21(7-9-22)16-3-1-4-17(12-16)24(27)28/h1-5,10,12,15H,6-9,11,13-14H2. The molecule has 9 nitrogen and oxygen atoms in total. The SMILES string of the molecule is O=C1CC(C(=O)N2CCN(c3cccc([N+](=O)[O-])c3)CC2)CN1Cc1ccco1. The van der Waals surface area contributed by atoms with Crippen molar-refractivity contribution in [2.45, 2.75) is 13.0 Å². The molecule has 29 heavy (non-hydrogen) atoms. The van der Waals surface area contributed by atoms with Gasteiger partial charge < -0.3 is 19.1 Å². The fraction of sp³-hybridized carbons (Fsp3) is 0.400. The quantitative estimate of drug-likeness (QED) is 0.563. The summed E-state index contributed by atoms with van der Waals surface area (Å²) in [5.74, 6) is 0.341. The van der Waals surface area contributed by atoms with Gasteiger partial charge in [0.1, 0.15) is 5.76 Å². The Bertz CT molecular complexity index is 905. The fourth-order valence-electron chi connectivity index (χ4n) is 3.93. The predicted octanol–water partition coefficient (Wildman–Crippen LogP) is 1.89. The maximum Gasteiger partial charge on any atom is 0.271 e. The number of carbonyl (C=O) groups is 2. The molecular weight excluding hydrogens is 376 g/mol. The molecule has 1 atom stereocenters. The van der Waals surface area contributed by atoms with E-state index in [1.807, 2.05) is 17.0 Å². The normalized spacial score (nSPS) is 19.7. The third kappa shape index (κ3) is 4.08. The second-order valence-electron chi connectivity index (χ2n) is 7.34. The lowest BCUT2D eigenvalue weighted by atomic mass is 10.1. The minimum atomic E-state index is -0.408. The third-order valence-corrected chi connectivity index (χ3v) is 5.49. The Labute approximate surface area is 167 Å². The Kier molecular flexibility index (Phi) is 5.20. The summed E-state index contributed by atoms with van der Waals surface area (Å²) in [6.07, 6.45) is 1.80. The molecule has 2 aromatic rings. The van der Waals surface area contributed by atoms with Crippen LogP contribution in [0.25, 0.3) is 0 Å². The Morgan fingerprint density at radius 3 is 2.66 bits per heavy atom. The van der Waals surface area contributed by atoms with E-state index in [9.17, 15) is 19.7 Å². The number of nitrogens with zero attached hydrogens (tertiary/aromatic N) is 4. The summed E-state index contributed by atoms with van der Waals surface area (Å²) in [5.41, 5.74) is 0.842. The fourth-order valence-corrected chi connectivity index (χ4v) is 3.93. The monoisotopic (exact) mass is 398 g/mol. The number of piperazine rings is 1. The second-order valence-corrected chi connectivity index (χ2v) is 7.34. The van der Waals surface area contributed by atoms with E-state index in [-0.39, 0.29) is 29.8 Å². The average molecular weight is 398 g/mol. The van der Waals surface area contributed by atoms with Crippen molar-refractivity contribution in [1.29, 1.82) is 0 Å². The second kappa shape index (κ2) is 7.94. The molecule has 1 aromatic heterocycles. The molecule has 3 heterocycles. The molecule has 0 aliphatic carbocycles. The average Bonchev–Trinajstić information content (AvgIpc) is 3.38. The van der Waals surface area contributed by atoms with Crippen LogP contribution >= 0.6 is 0 Å². The van der Waals surface area contributed by atoms with Gasteiger partial charge >= 0.3 is 0 Å².